The molecule has 1 aromatic carbocycles. The highest BCUT2D eigenvalue weighted by Gasteiger charge is 2.06. The molecular weight excluding hydrogens is 188 g/mol. The average Bonchev–Trinajstić information content (AvgIpc) is 2.69. The molecule has 78 valence electrons. The fourth-order valence-corrected chi connectivity index (χ4v) is 1.77. The average molecular weight is 202 g/mol. The number of fused-ring (bicyclic) bond motifs is 1. The second-order valence-corrected chi connectivity index (χ2v) is 3.71. The summed E-state index contributed by atoms with van der Waals surface area (Å²) in [5.74, 6) is 0.411. The number of aldehydes is 1. The van der Waals surface area contributed by atoms with Gasteiger partial charge in [0, 0.05) is 5.39 Å². The molecule has 0 saturated carbocycles. The van der Waals surface area contributed by atoms with Gasteiger partial charge in [-0.3, -0.25) is 4.79 Å². The fourth-order valence-electron chi connectivity index (χ4n) is 1.77. The first-order valence-corrected chi connectivity index (χ1v) is 5.31. The summed E-state index contributed by atoms with van der Waals surface area (Å²) in [4.78, 5) is 10.6. The van der Waals surface area contributed by atoms with Crippen molar-refractivity contribution < 1.29 is 9.21 Å². The summed E-state index contributed by atoms with van der Waals surface area (Å²) < 4.78 is 5.48. The zero-order chi connectivity index (χ0) is 10.7. The molecule has 1 aromatic heterocycles. The summed E-state index contributed by atoms with van der Waals surface area (Å²) in [7, 11) is 0. The summed E-state index contributed by atoms with van der Waals surface area (Å²) in [6.45, 7) is 2.17. The van der Waals surface area contributed by atoms with Gasteiger partial charge in [-0.15, -0.1) is 0 Å². The molecule has 0 saturated heterocycles. The van der Waals surface area contributed by atoms with Crippen LogP contribution in [0.2, 0.25) is 0 Å². The Morgan fingerprint density at radius 3 is 3.00 bits per heavy atom. The monoisotopic (exact) mass is 202 g/mol. The molecule has 0 spiro atoms. The number of furan rings is 1. The lowest BCUT2D eigenvalue weighted by atomic mass is 10.1. The van der Waals surface area contributed by atoms with Gasteiger partial charge in [0.25, 0.3) is 0 Å². The molecule has 2 aromatic rings. The van der Waals surface area contributed by atoms with Crippen LogP contribution in [0.3, 0.4) is 0 Å². The number of para-hydroxylation sites is 1. The molecule has 2 heteroatoms. The highest BCUT2D eigenvalue weighted by atomic mass is 16.3. The third-order valence-electron chi connectivity index (χ3n) is 2.56. The third kappa shape index (κ3) is 1.94. The number of carbonyl (C=O) groups is 1. The Morgan fingerprint density at radius 1 is 1.40 bits per heavy atom. The molecule has 0 aliphatic heterocycles. The topological polar surface area (TPSA) is 30.2 Å². The van der Waals surface area contributed by atoms with Gasteiger partial charge in [0.15, 0.2) is 12.0 Å². The standard InChI is InChI=1S/C13H14O2/c1-2-3-5-10-6-4-7-11-8-12(9-14)15-13(10)11/h4,6-9H,2-3,5H2,1H3. The van der Waals surface area contributed by atoms with Crippen molar-refractivity contribution in [3.05, 3.63) is 35.6 Å². The number of aryl methyl sites for hydroxylation is 1. The van der Waals surface area contributed by atoms with Crippen LogP contribution in [0.25, 0.3) is 11.0 Å². The Labute approximate surface area is 88.9 Å². The Balaban J connectivity index is 2.44. The molecule has 0 N–H and O–H groups in total. The second-order valence-electron chi connectivity index (χ2n) is 3.71. The van der Waals surface area contributed by atoms with Crippen LogP contribution in [0.4, 0.5) is 0 Å². The van der Waals surface area contributed by atoms with Gasteiger partial charge < -0.3 is 4.42 Å². The van der Waals surface area contributed by atoms with E-state index in [0.717, 1.165) is 36.5 Å². The zero-order valence-corrected chi connectivity index (χ0v) is 8.82. The van der Waals surface area contributed by atoms with Crippen LogP contribution in [0.15, 0.2) is 28.7 Å². The highest BCUT2D eigenvalue weighted by Crippen LogP contribution is 2.23. The second kappa shape index (κ2) is 4.30. The maximum absolute atomic E-state index is 10.6. The van der Waals surface area contributed by atoms with Crippen LogP contribution in [0, 0.1) is 0 Å². The van der Waals surface area contributed by atoms with Gasteiger partial charge in [0.05, 0.1) is 0 Å². The lowest BCUT2D eigenvalue weighted by Gasteiger charge is -1.99. The minimum Gasteiger partial charge on any atom is -0.453 e. The molecular formula is C13H14O2. The summed E-state index contributed by atoms with van der Waals surface area (Å²) in [5, 5.41) is 1.02. The normalized spacial score (nSPS) is 10.7. The largest absolute Gasteiger partial charge is 0.453 e. The number of benzene rings is 1. The molecule has 0 amide bonds. The zero-order valence-electron chi connectivity index (χ0n) is 8.82. The molecule has 2 nitrogen and oxygen atoms in total. The van der Waals surface area contributed by atoms with E-state index < -0.39 is 0 Å². The van der Waals surface area contributed by atoms with Crippen LogP contribution in [-0.4, -0.2) is 6.29 Å². The Kier molecular flexibility index (Phi) is 2.86. The lowest BCUT2D eigenvalue weighted by Crippen LogP contribution is -1.84. The SMILES string of the molecule is CCCCc1cccc2cc(C=O)oc12. The van der Waals surface area contributed by atoms with Gasteiger partial charge in [0.2, 0.25) is 0 Å². The Morgan fingerprint density at radius 2 is 2.27 bits per heavy atom. The van der Waals surface area contributed by atoms with E-state index in [4.69, 9.17) is 4.42 Å². The summed E-state index contributed by atoms with van der Waals surface area (Å²) in [6.07, 6.45) is 4.08. The Bertz CT molecular complexity index is 468. The summed E-state index contributed by atoms with van der Waals surface area (Å²) in [5.41, 5.74) is 2.07. The van der Waals surface area contributed by atoms with Crippen LogP contribution >= 0.6 is 0 Å². The van der Waals surface area contributed by atoms with Crippen LogP contribution in [-0.2, 0) is 6.42 Å². The summed E-state index contributed by atoms with van der Waals surface area (Å²) >= 11 is 0. The minimum atomic E-state index is 0.411. The van der Waals surface area contributed by atoms with E-state index in [9.17, 15) is 4.79 Å². The molecule has 0 fully saturated rings. The Hall–Kier alpha value is -1.57. The number of unbranched alkanes of at least 4 members (excludes halogenated alkanes) is 1. The van der Waals surface area contributed by atoms with Gasteiger partial charge >= 0.3 is 0 Å². The molecule has 15 heavy (non-hydrogen) atoms. The first kappa shape index (κ1) is 9.97. The molecule has 2 rings (SSSR count). The van der Waals surface area contributed by atoms with Crippen LogP contribution in [0.1, 0.15) is 35.9 Å². The van der Waals surface area contributed by atoms with E-state index in [0.29, 0.717) is 5.76 Å². The van der Waals surface area contributed by atoms with Gasteiger partial charge in [0.1, 0.15) is 5.58 Å². The van der Waals surface area contributed by atoms with Gasteiger partial charge in [-0.1, -0.05) is 31.5 Å². The van der Waals surface area contributed by atoms with Crippen molar-refractivity contribution >= 4 is 17.3 Å². The van der Waals surface area contributed by atoms with E-state index in [1.165, 1.54) is 5.56 Å². The third-order valence-corrected chi connectivity index (χ3v) is 2.56. The van der Waals surface area contributed by atoms with Crippen molar-refractivity contribution in [3.8, 4) is 0 Å². The van der Waals surface area contributed by atoms with Crippen molar-refractivity contribution in [1.82, 2.24) is 0 Å². The first-order valence-electron chi connectivity index (χ1n) is 5.31. The number of rotatable bonds is 4. The van der Waals surface area contributed by atoms with Gasteiger partial charge in [-0.2, -0.15) is 0 Å². The van der Waals surface area contributed by atoms with Crippen molar-refractivity contribution in [2.24, 2.45) is 0 Å². The number of hydrogen-bond acceptors (Lipinski definition) is 2. The van der Waals surface area contributed by atoms with Crippen molar-refractivity contribution in [2.45, 2.75) is 26.2 Å². The van der Waals surface area contributed by atoms with Gasteiger partial charge in [-0.05, 0) is 24.5 Å². The number of carbonyl (C=O) groups excluding carboxylic acids is 1. The highest BCUT2D eigenvalue weighted by molar-refractivity contribution is 5.86. The molecule has 0 aliphatic carbocycles. The van der Waals surface area contributed by atoms with E-state index in [1.54, 1.807) is 6.07 Å². The molecule has 0 aliphatic rings. The fraction of sp³-hybridized carbons (Fsp3) is 0.308. The molecule has 0 unspecified atom stereocenters. The van der Waals surface area contributed by atoms with Crippen molar-refractivity contribution in [1.29, 1.82) is 0 Å². The molecule has 0 atom stereocenters. The smallest absolute Gasteiger partial charge is 0.185 e. The van der Waals surface area contributed by atoms with Crippen molar-refractivity contribution in [3.63, 3.8) is 0 Å². The maximum Gasteiger partial charge on any atom is 0.185 e. The maximum atomic E-state index is 10.6. The van der Waals surface area contributed by atoms with Crippen molar-refractivity contribution in [2.75, 3.05) is 0 Å². The van der Waals surface area contributed by atoms with Crippen LogP contribution < -0.4 is 0 Å². The first-order chi connectivity index (χ1) is 7.35. The lowest BCUT2D eigenvalue weighted by molar-refractivity contribution is 0.110. The predicted molar refractivity (Wildman–Crippen MR) is 60.2 cm³/mol. The minimum absolute atomic E-state index is 0.411. The quantitative estimate of drug-likeness (QED) is 0.709. The summed E-state index contributed by atoms with van der Waals surface area (Å²) in [6, 6.07) is 7.84. The van der Waals surface area contributed by atoms with Crippen LogP contribution in [0.5, 0.6) is 0 Å². The van der Waals surface area contributed by atoms with E-state index in [2.05, 4.69) is 13.0 Å². The molecule has 0 radical (unpaired) electrons. The van der Waals surface area contributed by atoms with E-state index in [-0.39, 0.29) is 0 Å². The molecule has 1 heterocycles. The molecule has 0 bridgehead atoms. The number of hydrogen-bond donors (Lipinski definition) is 0. The van der Waals surface area contributed by atoms with E-state index in [1.807, 2.05) is 12.1 Å². The van der Waals surface area contributed by atoms with Gasteiger partial charge in [-0.25, -0.2) is 0 Å². The van der Waals surface area contributed by atoms with E-state index >= 15 is 0 Å². The predicted octanol–water partition coefficient (Wildman–Crippen LogP) is 3.59.